The molecule has 0 radical (unpaired) electrons. The monoisotopic (exact) mass is 233 g/mol. The molecular formula is C12H15N3S. The van der Waals surface area contributed by atoms with Crippen molar-refractivity contribution in [1.82, 2.24) is 15.5 Å². The quantitative estimate of drug-likeness (QED) is 0.797. The van der Waals surface area contributed by atoms with Gasteiger partial charge in [0.15, 0.2) is 0 Å². The van der Waals surface area contributed by atoms with E-state index in [1.807, 2.05) is 7.05 Å². The third-order valence-corrected chi connectivity index (χ3v) is 3.13. The van der Waals surface area contributed by atoms with E-state index in [-0.39, 0.29) is 0 Å². The molecule has 0 unspecified atom stereocenters. The number of rotatable bonds is 4. The second-order valence-electron chi connectivity index (χ2n) is 3.54. The first-order valence-electron chi connectivity index (χ1n) is 5.17. The molecule has 0 bridgehead atoms. The van der Waals surface area contributed by atoms with Crippen molar-refractivity contribution in [1.29, 1.82) is 0 Å². The smallest absolute Gasteiger partial charge is 0.0924 e. The Labute approximate surface area is 99.7 Å². The number of aromatic amines is 1. The molecule has 2 aromatic rings. The van der Waals surface area contributed by atoms with Crippen LogP contribution in [0.2, 0.25) is 0 Å². The van der Waals surface area contributed by atoms with Crippen LogP contribution in [-0.2, 0) is 6.54 Å². The largest absolute Gasteiger partial charge is 0.314 e. The Bertz CT molecular complexity index is 448. The lowest BCUT2D eigenvalue weighted by molar-refractivity contribution is 0.784. The molecule has 1 aromatic carbocycles. The van der Waals surface area contributed by atoms with Gasteiger partial charge in [-0.25, -0.2) is 0 Å². The van der Waals surface area contributed by atoms with Gasteiger partial charge in [-0.15, -0.1) is 11.8 Å². The first-order chi connectivity index (χ1) is 7.83. The van der Waals surface area contributed by atoms with Crippen molar-refractivity contribution in [3.8, 4) is 11.3 Å². The molecule has 2 rings (SSSR count). The minimum atomic E-state index is 0.815. The standard InChI is InChI=1S/C12H15N3S/c1-13-8-10-7-12(15-14-10)9-3-5-11(16-2)6-4-9/h3-7,13H,8H2,1-2H3,(H,14,15). The van der Waals surface area contributed by atoms with Crippen molar-refractivity contribution in [3.05, 3.63) is 36.0 Å². The number of hydrogen-bond donors (Lipinski definition) is 2. The number of H-pyrrole nitrogens is 1. The van der Waals surface area contributed by atoms with Gasteiger partial charge in [-0.05, 0) is 31.5 Å². The maximum Gasteiger partial charge on any atom is 0.0924 e. The van der Waals surface area contributed by atoms with Crippen LogP contribution in [0.4, 0.5) is 0 Å². The van der Waals surface area contributed by atoms with Crippen LogP contribution in [0.3, 0.4) is 0 Å². The Kier molecular flexibility index (Phi) is 3.64. The number of hydrogen-bond acceptors (Lipinski definition) is 3. The van der Waals surface area contributed by atoms with Crippen LogP contribution in [0, 0.1) is 0 Å². The third-order valence-electron chi connectivity index (χ3n) is 2.38. The molecule has 0 saturated carbocycles. The van der Waals surface area contributed by atoms with Crippen molar-refractivity contribution >= 4 is 11.8 Å². The normalized spacial score (nSPS) is 10.6. The van der Waals surface area contributed by atoms with Gasteiger partial charge in [0.05, 0.1) is 5.69 Å². The molecule has 16 heavy (non-hydrogen) atoms. The van der Waals surface area contributed by atoms with E-state index in [9.17, 15) is 0 Å². The molecule has 0 fully saturated rings. The van der Waals surface area contributed by atoms with Crippen molar-refractivity contribution in [2.75, 3.05) is 13.3 Å². The van der Waals surface area contributed by atoms with Crippen LogP contribution in [0.25, 0.3) is 11.3 Å². The van der Waals surface area contributed by atoms with E-state index in [0.717, 1.165) is 23.5 Å². The van der Waals surface area contributed by atoms with Crippen LogP contribution in [0.1, 0.15) is 5.69 Å². The Morgan fingerprint density at radius 2 is 2.06 bits per heavy atom. The molecule has 0 spiro atoms. The summed E-state index contributed by atoms with van der Waals surface area (Å²) in [6.45, 7) is 0.815. The highest BCUT2D eigenvalue weighted by Gasteiger charge is 2.03. The van der Waals surface area contributed by atoms with Crippen LogP contribution >= 0.6 is 11.8 Å². The lowest BCUT2D eigenvalue weighted by Gasteiger charge is -1.98. The molecule has 84 valence electrons. The van der Waals surface area contributed by atoms with Crippen molar-refractivity contribution < 1.29 is 0 Å². The summed E-state index contributed by atoms with van der Waals surface area (Å²) in [7, 11) is 1.92. The fourth-order valence-corrected chi connectivity index (χ4v) is 1.96. The lowest BCUT2D eigenvalue weighted by Crippen LogP contribution is -2.04. The Hall–Kier alpha value is -1.26. The van der Waals surface area contributed by atoms with E-state index >= 15 is 0 Å². The summed E-state index contributed by atoms with van der Waals surface area (Å²) in [5, 5.41) is 10.4. The second-order valence-corrected chi connectivity index (χ2v) is 4.42. The summed E-state index contributed by atoms with van der Waals surface area (Å²) in [6, 6.07) is 10.5. The molecule has 1 aromatic heterocycles. The molecule has 1 heterocycles. The molecule has 0 atom stereocenters. The van der Waals surface area contributed by atoms with Gasteiger partial charge in [0, 0.05) is 22.7 Å². The highest BCUT2D eigenvalue weighted by molar-refractivity contribution is 7.98. The summed E-state index contributed by atoms with van der Waals surface area (Å²) >= 11 is 1.75. The van der Waals surface area contributed by atoms with Crippen LogP contribution in [0.5, 0.6) is 0 Å². The zero-order chi connectivity index (χ0) is 11.4. The number of nitrogens with one attached hydrogen (secondary N) is 2. The van der Waals surface area contributed by atoms with E-state index in [0.29, 0.717) is 0 Å². The topological polar surface area (TPSA) is 40.7 Å². The van der Waals surface area contributed by atoms with Gasteiger partial charge in [0.1, 0.15) is 0 Å². The fraction of sp³-hybridized carbons (Fsp3) is 0.250. The summed E-state index contributed by atoms with van der Waals surface area (Å²) in [5.74, 6) is 0. The Balaban J connectivity index is 2.21. The number of nitrogens with zero attached hydrogens (tertiary/aromatic N) is 1. The predicted molar refractivity (Wildman–Crippen MR) is 68.6 cm³/mol. The molecule has 0 aliphatic carbocycles. The van der Waals surface area contributed by atoms with Gasteiger partial charge < -0.3 is 5.32 Å². The Morgan fingerprint density at radius 3 is 2.69 bits per heavy atom. The van der Waals surface area contributed by atoms with Gasteiger partial charge in [0.25, 0.3) is 0 Å². The Morgan fingerprint density at radius 1 is 1.31 bits per heavy atom. The number of aromatic nitrogens is 2. The van der Waals surface area contributed by atoms with Crippen molar-refractivity contribution in [2.24, 2.45) is 0 Å². The van der Waals surface area contributed by atoms with E-state index in [4.69, 9.17) is 0 Å². The molecule has 4 heteroatoms. The first-order valence-corrected chi connectivity index (χ1v) is 6.39. The maximum atomic E-state index is 4.29. The zero-order valence-corrected chi connectivity index (χ0v) is 10.3. The van der Waals surface area contributed by atoms with Crippen LogP contribution in [-0.4, -0.2) is 23.5 Å². The molecule has 0 saturated heterocycles. The SMILES string of the molecule is CNCc1cc(-c2ccc(SC)cc2)n[nH]1. The van der Waals surface area contributed by atoms with E-state index in [1.54, 1.807) is 11.8 Å². The summed E-state index contributed by atoms with van der Waals surface area (Å²) in [6.07, 6.45) is 2.08. The average molecular weight is 233 g/mol. The highest BCUT2D eigenvalue weighted by Crippen LogP contribution is 2.21. The first kappa shape index (κ1) is 11.2. The fourth-order valence-electron chi connectivity index (χ4n) is 1.55. The number of benzene rings is 1. The molecule has 3 nitrogen and oxygen atoms in total. The van der Waals surface area contributed by atoms with E-state index < -0.39 is 0 Å². The molecule has 2 N–H and O–H groups in total. The van der Waals surface area contributed by atoms with Crippen molar-refractivity contribution in [3.63, 3.8) is 0 Å². The minimum absolute atomic E-state index is 0.815. The van der Waals surface area contributed by atoms with Gasteiger partial charge in [-0.3, -0.25) is 5.10 Å². The van der Waals surface area contributed by atoms with Crippen molar-refractivity contribution in [2.45, 2.75) is 11.4 Å². The maximum absolute atomic E-state index is 4.29. The molecule has 0 aliphatic heterocycles. The van der Waals surface area contributed by atoms with Gasteiger partial charge in [-0.1, -0.05) is 12.1 Å². The van der Waals surface area contributed by atoms with Crippen LogP contribution < -0.4 is 5.32 Å². The average Bonchev–Trinajstić information content (AvgIpc) is 2.78. The predicted octanol–water partition coefficient (Wildman–Crippen LogP) is 2.52. The third kappa shape index (κ3) is 2.46. The summed E-state index contributed by atoms with van der Waals surface area (Å²) < 4.78 is 0. The van der Waals surface area contributed by atoms with Crippen LogP contribution in [0.15, 0.2) is 35.2 Å². The summed E-state index contributed by atoms with van der Waals surface area (Å²) in [4.78, 5) is 1.27. The lowest BCUT2D eigenvalue weighted by atomic mass is 10.1. The molecular weight excluding hydrogens is 218 g/mol. The van der Waals surface area contributed by atoms with E-state index in [2.05, 4.69) is 52.1 Å². The second kappa shape index (κ2) is 5.18. The molecule has 0 aliphatic rings. The van der Waals surface area contributed by atoms with Gasteiger partial charge in [0.2, 0.25) is 0 Å². The highest BCUT2D eigenvalue weighted by atomic mass is 32.2. The van der Waals surface area contributed by atoms with Gasteiger partial charge in [-0.2, -0.15) is 5.10 Å². The zero-order valence-electron chi connectivity index (χ0n) is 9.45. The molecule has 0 amide bonds. The number of thioether (sulfide) groups is 1. The summed E-state index contributed by atoms with van der Waals surface area (Å²) in [5.41, 5.74) is 3.25. The minimum Gasteiger partial charge on any atom is -0.314 e. The van der Waals surface area contributed by atoms with E-state index in [1.165, 1.54) is 4.90 Å². The van der Waals surface area contributed by atoms with Gasteiger partial charge >= 0.3 is 0 Å².